The van der Waals surface area contributed by atoms with E-state index in [9.17, 15) is 0 Å². The van der Waals surface area contributed by atoms with Crippen molar-refractivity contribution in [1.29, 1.82) is 0 Å². The number of hydrogen-bond acceptors (Lipinski definition) is 1. The van der Waals surface area contributed by atoms with Crippen LogP contribution in [0.5, 0.6) is 5.75 Å². The molecule has 0 N–H and O–H groups in total. The average molecular weight is 284 g/mol. The summed E-state index contributed by atoms with van der Waals surface area (Å²) < 4.78 is 5.53. The van der Waals surface area contributed by atoms with Crippen LogP contribution in [-0.2, 0) is 6.42 Å². The standard InChI is InChI=1S/C18H24OSi/c1-19-17-13-7-8-14-18(17)20(2,3)15-9-12-16-10-5-4-6-11-16/h4-8,10-11,13-14H,9,12,15H2,1-3H3. The van der Waals surface area contributed by atoms with Gasteiger partial charge in [-0.2, -0.15) is 0 Å². The van der Waals surface area contributed by atoms with Crippen LogP contribution in [0.2, 0.25) is 19.1 Å². The largest absolute Gasteiger partial charge is 0.497 e. The number of rotatable bonds is 6. The number of aryl methyl sites for hydroxylation is 1. The lowest BCUT2D eigenvalue weighted by Crippen LogP contribution is -2.41. The predicted molar refractivity (Wildman–Crippen MR) is 89.7 cm³/mol. The van der Waals surface area contributed by atoms with Gasteiger partial charge >= 0.3 is 0 Å². The maximum atomic E-state index is 5.53. The van der Waals surface area contributed by atoms with Gasteiger partial charge < -0.3 is 4.74 Å². The second-order valence-electron chi connectivity index (χ2n) is 5.92. The van der Waals surface area contributed by atoms with Gasteiger partial charge in [0.15, 0.2) is 0 Å². The molecule has 2 rings (SSSR count). The molecule has 106 valence electrons. The van der Waals surface area contributed by atoms with E-state index in [1.165, 1.54) is 29.6 Å². The van der Waals surface area contributed by atoms with Gasteiger partial charge in [-0.3, -0.25) is 0 Å². The first-order valence-electron chi connectivity index (χ1n) is 7.31. The Labute approximate surface area is 123 Å². The summed E-state index contributed by atoms with van der Waals surface area (Å²) in [5.74, 6) is 1.06. The number of methoxy groups -OCH3 is 1. The highest BCUT2D eigenvalue weighted by Gasteiger charge is 2.25. The summed E-state index contributed by atoms with van der Waals surface area (Å²) in [6.45, 7) is 4.88. The van der Waals surface area contributed by atoms with Gasteiger partial charge in [-0.25, -0.2) is 0 Å². The summed E-state index contributed by atoms with van der Waals surface area (Å²) >= 11 is 0. The summed E-state index contributed by atoms with van der Waals surface area (Å²) in [4.78, 5) is 0. The van der Waals surface area contributed by atoms with Crippen molar-refractivity contribution < 1.29 is 4.74 Å². The molecule has 2 heteroatoms. The Morgan fingerprint density at radius 3 is 2.25 bits per heavy atom. The topological polar surface area (TPSA) is 9.23 Å². The van der Waals surface area contributed by atoms with Crippen LogP contribution in [0.4, 0.5) is 0 Å². The monoisotopic (exact) mass is 284 g/mol. The average Bonchev–Trinajstić information content (AvgIpc) is 2.48. The molecule has 0 heterocycles. The van der Waals surface area contributed by atoms with Crippen molar-refractivity contribution in [2.45, 2.75) is 32.0 Å². The minimum Gasteiger partial charge on any atom is -0.497 e. The zero-order valence-electron chi connectivity index (χ0n) is 12.7. The fourth-order valence-corrected chi connectivity index (χ4v) is 5.45. The molecule has 0 unspecified atom stereocenters. The molecule has 0 fully saturated rings. The Morgan fingerprint density at radius 2 is 1.55 bits per heavy atom. The van der Waals surface area contributed by atoms with Crippen LogP contribution in [0.3, 0.4) is 0 Å². The highest BCUT2D eigenvalue weighted by Crippen LogP contribution is 2.20. The van der Waals surface area contributed by atoms with E-state index in [1.54, 1.807) is 7.11 Å². The number of benzene rings is 2. The fraction of sp³-hybridized carbons (Fsp3) is 0.333. The molecule has 0 amide bonds. The van der Waals surface area contributed by atoms with Gasteiger partial charge in [-0.1, -0.05) is 74.1 Å². The van der Waals surface area contributed by atoms with Crippen LogP contribution in [0.25, 0.3) is 0 Å². The van der Waals surface area contributed by atoms with E-state index in [0.717, 1.165) is 5.75 Å². The molecule has 0 aliphatic carbocycles. The molecule has 0 aromatic heterocycles. The van der Waals surface area contributed by atoms with E-state index in [2.05, 4.69) is 67.7 Å². The van der Waals surface area contributed by atoms with Gasteiger partial charge in [0.1, 0.15) is 5.75 Å². The van der Waals surface area contributed by atoms with Crippen molar-refractivity contribution in [3.8, 4) is 5.75 Å². The Bertz CT molecular complexity index is 534. The molecule has 0 atom stereocenters. The van der Waals surface area contributed by atoms with E-state index in [1.807, 2.05) is 0 Å². The first-order chi connectivity index (χ1) is 9.63. The third-order valence-electron chi connectivity index (χ3n) is 3.95. The first kappa shape index (κ1) is 14.9. The highest BCUT2D eigenvalue weighted by molar-refractivity contribution is 6.90. The maximum absolute atomic E-state index is 5.53. The lowest BCUT2D eigenvalue weighted by atomic mass is 10.1. The summed E-state index contributed by atoms with van der Waals surface area (Å²) in [6, 6.07) is 20.6. The number of para-hydroxylation sites is 1. The molecule has 0 saturated heterocycles. The molecule has 0 spiro atoms. The van der Waals surface area contributed by atoms with Gasteiger partial charge in [-0.15, -0.1) is 0 Å². The number of hydrogen-bond donors (Lipinski definition) is 0. The van der Waals surface area contributed by atoms with Gasteiger partial charge in [0.25, 0.3) is 0 Å². The summed E-state index contributed by atoms with van der Waals surface area (Å²) in [6.07, 6.45) is 2.42. The van der Waals surface area contributed by atoms with Crippen LogP contribution < -0.4 is 9.92 Å². The van der Waals surface area contributed by atoms with E-state index < -0.39 is 8.07 Å². The van der Waals surface area contributed by atoms with Crippen LogP contribution >= 0.6 is 0 Å². The third kappa shape index (κ3) is 3.73. The van der Waals surface area contributed by atoms with Gasteiger partial charge in [0.05, 0.1) is 15.2 Å². The van der Waals surface area contributed by atoms with Gasteiger partial charge in [0, 0.05) is 0 Å². The lowest BCUT2D eigenvalue weighted by molar-refractivity contribution is 0.418. The third-order valence-corrected chi connectivity index (χ3v) is 7.42. The quantitative estimate of drug-likeness (QED) is 0.721. The second-order valence-corrected chi connectivity index (χ2v) is 10.7. The lowest BCUT2D eigenvalue weighted by Gasteiger charge is -2.25. The normalized spacial score (nSPS) is 11.3. The molecular formula is C18H24OSi. The maximum Gasteiger partial charge on any atom is 0.118 e. The van der Waals surface area contributed by atoms with Crippen LogP contribution in [-0.4, -0.2) is 15.2 Å². The SMILES string of the molecule is COc1ccccc1[Si](C)(C)CCCc1ccccc1. The molecule has 20 heavy (non-hydrogen) atoms. The van der Waals surface area contributed by atoms with Gasteiger partial charge in [-0.05, 0) is 23.2 Å². The molecule has 0 radical (unpaired) electrons. The summed E-state index contributed by atoms with van der Waals surface area (Å²) in [7, 11) is 0.347. The van der Waals surface area contributed by atoms with Gasteiger partial charge in [0.2, 0.25) is 0 Å². The predicted octanol–water partition coefficient (Wildman–Crippen LogP) is 4.24. The number of ether oxygens (including phenoxy) is 1. The van der Waals surface area contributed by atoms with Crippen LogP contribution in [0.15, 0.2) is 54.6 Å². The van der Waals surface area contributed by atoms with Crippen molar-refractivity contribution in [2.24, 2.45) is 0 Å². The Balaban J connectivity index is 2.00. The van der Waals surface area contributed by atoms with E-state index in [-0.39, 0.29) is 0 Å². The minimum absolute atomic E-state index is 1.06. The molecule has 0 bridgehead atoms. The second kappa shape index (κ2) is 6.75. The zero-order valence-corrected chi connectivity index (χ0v) is 13.7. The highest BCUT2D eigenvalue weighted by atomic mass is 28.3. The van der Waals surface area contributed by atoms with E-state index >= 15 is 0 Å². The van der Waals surface area contributed by atoms with Crippen LogP contribution in [0, 0.1) is 0 Å². The summed E-state index contributed by atoms with van der Waals surface area (Å²) in [5.41, 5.74) is 1.44. The molecule has 2 aromatic carbocycles. The van der Waals surface area contributed by atoms with Crippen molar-refractivity contribution >= 4 is 13.3 Å². The first-order valence-corrected chi connectivity index (χ1v) is 10.5. The molecule has 2 aromatic rings. The van der Waals surface area contributed by atoms with Crippen molar-refractivity contribution in [2.75, 3.05) is 7.11 Å². The Morgan fingerprint density at radius 1 is 0.900 bits per heavy atom. The summed E-state index contributed by atoms with van der Waals surface area (Å²) in [5, 5.41) is 1.44. The molecule has 0 saturated carbocycles. The Hall–Kier alpha value is -1.54. The Kier molecular flexibility index (Phi) is 5.02. The zero-order chi connectivity index (χ0) is 14.4. The molecule has 0 aliphatic heterocycles. The van der Waals surface area contributed by atoms with Crippen molar-refractivity contribution in [3.05, 3.63) is 60.2 Å². The van der Waals surface area contributed by atoms with Crippen molar-refractivity contribution in [3.63, 3.8) is 0 Å². The molecular weight excluding hydrogens is 260 g/mol. The fourth-order valence-electron chi connectivity index (χ4n) is 2.72. The molecule has 1 nitrogen and oxygen atoms in total. The smallest absolute Gasteiger partial charge is 0.118 e. The van der Waals surface area contributed by atoms with Crippen molar-refractivity contribution in [1.82, 2.24) is 0 Å². The van der Waals surface area contributed by atoms with E-state index in [4.69, 9.17) is 4.74 Å². The minimum atomic E-state index is -1.42. The molecule has 0 aliphatic rings. The van der Waals surface area contributed by atoms with Crippen LogP contribution in [0.1, 0.15) is 12.0 Å². The van der Waals surface area contributed by atoms with E-state index in [0.29, 0.717) is 0 Å².